The number of benzene rings is 1. The Morgan fingerprint density at radius 3 is 2.82 bits per heavy atom. The molecule has 0 bridgehead atoms. The molecule has 0 saturated heterocycles. The smallest absolute Gasteiger partial charge is 0.269 e. The van der Waals surface area contributed by atoms with Crippen LogP contribution in [-0.2, 0) is 11.2 Å². The monoisotopic (exact) mass is 236 g/mol. The lowest BCUT2D eigenvalue weighted by atomic mass is 9.80. The number of hydrogen-bond donors (Lipinski definition) is 2. The maximum absolute atomic E-state index is 11.3. The zero-order chi connectivity index (χ0) is 12.6. The molecule has 90 valence electrons. The first kappa shape index (κ1) is 11.5. The Morgan fingerprint density at radius 2 is 2.24 bits per heavy atom. The zero-order valence-corrected chi connectivity index (χ0v) is 9.00. The lowest BCUT2D eigenvalue weighted by Gasteiger charge is -2.27. The Bertz CT molecular complexity index is 486. The van der Waals surface area contributed by atoms with Crippen LogP contribution < -0.4 is 5.73 Å². The molecule has 1 aliphatic carbocycles. The predicted octanol–water partition coefficient (Wildman–Crippen LogP) is 0.471. The van der Waals surface area contributed by atoms with Crippen molar-refractivity contribution in [1.29, 1.82) is 0 Å². The van der Waals surface area contributed by atoms with Gasteiger partial charge in [0.25, 0.3) is 5.69 Å². The topological polar surface area (TPSA) is 106 Å². The molecule has 0 saturated carbocycles. The Morgan fingerprint density at radius 1 is 1.53 bits per heavy atom. The summed E-state index contributed by atoms with van der Waals surface area (Å²) in [4.78, 5) is 21.4. The second-order valence-electron chi connectivity index (χ2n) is 4.13. The number of amides is 1. The Labute approximate surface area is 97.2 Å². The first-order valence-electron chi connectivity index (χ1n) is 5.25. The van der Waals surface area contributed by atoms with Crippen molar-refractivity contribution in [2.45, 2.75) is 24.9 Å². The summed E-state index contributed by atoms with van der Waals surface area (Å²) in [7, 11) is 0. The summed E-state index contributed by atoms with van der Waals surface area (Å²) in [6.07, 6.45) is 0.179. The average molecular weight is 236 g/mol. The predicted molar refractivity (Wildman–Crippen MR) is 59.4 cm³/mol. The third-order valence-electron chi connectivity index (χ3n) is 3.08. The van der Waals surface area contributed by atoms with Crippen molar-refractivity contribution < 1.29 is 14.8 Å². The van der Waals surface area contributed by atoms with Gasteiger partial charge < -0.3 is 10.8 Å². The number of aryl methyl sites for hydroxylation is 1. The number of nitrogens with zero attached hydrogens (tertiary/aromatic N) is 1. The molecule has 6 nitrogen and oxygen atoms in total. The number of primary amides is 1. The van der Waals surface area contributed by atoms with Crippen molar-refractivity contribution in [3.63, 3.8) is 0 Å². The summed E-state index contributed by atoms with van der Waals surface area (Å²) in [5.74, 6) is -1.50. The largest absolute Gasteiger partial charge is 0.392 e. The van der Waals surface area contributed by atoms with Crippen molar-refractivity contribution in [3.8, 4) is 0 Å². The van der Waals surface area contributed by atoms with Crippen LogP contribution in [0.5, 0.6) is 0 Å². The van der Waals surface area contributed by atoms with Crippen LogP contribution in [0.2, 0.25) is 0 Å². The summed E-state index contributed by atoms with van der Waals surface area (Å²) < 4.78 is 0. The third-order valence-corrected chi connectivity index (χ3v) is 3.08. The van der Waals surface area contributed by atoms with Crippen molar-refractivity contribution in [3.05, 3.63) is 39.4 Å². The van der Waals surface area contributed by atoms with E-state index in [-0.39, 0.29) is 5.69 Å². The molecule has 17 heavy (non-hydrogen) atoms. The number of fused-ring (bicyclic) bond motifs is 1. The number of nitro groups is 1. The maximum Gasteiger partial charge on any atom is 0.269 e. The van der Waals surface area contributed by atoms with Gasteiger partial charge in [-0.05, 0) is 24.0 Å². The molecule has 1 amide bonds. The minimum Gasteiger partial charge on any atom is -0.392 e. The number of aliphatic hydroxyl groups is 1. The maximum atomic E-state index is 11.3. The molecule has 1 aromatic rings. The first-order valence-corrected chi connectivity index (χ1v) is 5.25. The molecule has 0 heterocycles. The molecular formula is C11H12N2O4. The fraction of sp³-hybridized carbons (Fsp3) is 0.364. The average Bonchev–Trinajstić information content (AvgIpc) is 2.27. The number of carbonyl (C=O) groups excluding carboxylic acids is 1. The Kier molecular flexibility index (Phi) is 2.81. The molecule has 0 aliphatic heterocycles. The molecule has 2 unspecified atom stereocenters. The van der Waals surface area contributed by atoms with Gasteiger partial charge in [0.15, 0.2) is 0 Å². The summed E-state index contributed by atoms with van der Waals surface area (Å²) in [5, 5.41) is 20.4. The van der Waals surface area contributed by atoms with Crippen LogP contribution in [0.3, 0.4) is 0 Å². The molecule has 2 atom stereocenters. The van der Waals surface area contributed by atoms with Crippen molar-refractivity contribution in [1.82, 2.24) is 0 Å². The molecule has 1 aliphatic rings. The molecule has 3 N–H and O–H groups in total. The van der Waals surface area contributed by atoms with E-state index in [0.29, 0.717) is 18.4 Å². The van der Waals surface area contributed by atoms with Crippen LogP contribution >= 0.6 is 0 Å². The fourth-order valence-corrected chi connectivity index (χ4v) is 2.23. The van der Waals surface area contributed by atoms with E-state index in [1.165, 1.54) is 12.1 Å². The van der Waals surface area contributed by atoms with Crippen molar-refractivity contribution in [2.75, 3.05) is 0 Å². The first-order chi connectivity index (χ1) is 8.00. The van der Waals surface area contributed by atoms with Gasteiger partial charge in [0.05, 0.1) is 16.9 Å². The van der Waals surface area contributed by atoms with Gasteiger partial charge in [-0.15, -0.1) is 0 Å². The lowest BCUT2D eigenvalue weighted by Crippen LogP contribution is -2.35. The van der Waals surface area contributed by atoms with Gasteiger partial charge in [-0.25, -0.2) is 0 Å². The van der Waals surface area contributed by atoms with E-state index in [9.17, 15) is 20.0 Å². The van der Waals surface area contributed by atoms with Crippen LogP contribution in [0, 0.1) is 10.1 Å². The Hall–Kier alpha value is -1.95. The summed E-state index contributed by atoms with van der Waals surface area (Å²) >= 11 is 0. The van der Waals surface area contributed by atoms with Crippen molar-refractivity contribution >= 4 is 11.6 Å². The van der Waals surface area contributed by atoms with Gasteiger partial charge in [0.2, 0.25) is 5.91 Å². The normalized spacial score (nSPS) is 22.9. The number of aliphatic hydroxyl groups excluding tert-OH is 1. The molecule has 0 fully saturated rings. The van der Waals surface area contributed by atoms with Crippen LogP contribution in [0.1, 0.15) is 23.5 Å². The SMILES string of the molecule is NC(=O)C1c2cc([N+](=O)[O-])ccc2CCC1O. The highest BCUT2D eigenvalue weighted by atomic mass is 16.6. The molecule has 0 spiro atoms. The van der Waals surface area contributed by atoms with Gasteiger partial charge in [0.1, 0.15) is 0 Å². The summed E-state index contributed by atoms with van der Waals surface area (Å²) in [5.41, 5.74) is 6.45. The summed E-state index contributed by atoms with van der Waals surface area (Å²) in [6, 6.07) is 4.34. The second kappa shape index (κ2) is 4.14. The molecule has 2 rings (SSSR count). The molecular weight excluding hydrogens is 224 g/mol. The molecule has 0 aromatic heterocycles. The highest BCUT2D eigenvalue weighted by molar-refractivity contribution is 5.83. The number of non-ortho nitro benzene ring substituents is 1. The van der Waals surface area contributed by atoms with Crippen LogP contribution in [-0.4, -0.2) is 22.0 Å². The van der Waals surface area contributed by atoms with E-state index in [4.69, 9.17) is 5.73 Å². The van der Waals surface area contributed by atoms with Gasteiger partial charge in [-0.3, -0.25) is 14.9 Å². The zero-order valence-electron chi connectivity index (χ0n) is 9.00. The van der Waals surface area contributed by atoms with Gasteiger partial charge in [-0.1, -0.05) is 6.07 Å². The van der Waals surface area contributed by atoms with Gasteiger partial charge in [-0.2, -0.15) is 0 Å². The van der Waals surface area contributed by atoms with Crippen LogP contribution in [0.15, 0.2) is 18.2 Å². The van der Waals surface area contributed by atoms with Crippen LogP contribution in [0.4, 0.5) is 5.69 Å². The van der Waals surface area contributed by atoms with Gasteiger partial charge >= 0.3 is 0 Å². The van der Waals surface area contributed by atoms with Gasteiger partial charge in [0, 0.05) is 12.1 Å². The van der Waals surface area contributed by atoms with E-state index >= 15 is 0 Å². The molecule has 0 radical (unpaired) electrons. The summed E-state index contributed by atoms with van der Waals surface area (Å²) in [6.45, 7) is 0. The number of carbonyl (C=O) groups is 1. The van der Waals surface area contributed by atoms with E-state index in [1.54, 1.807) is 6.07 Å². The third kappa shape index (κ3) is 1.99. The minimum absolute atomic E-state index is 0.0934. The van der Waals surface area contributed by atoms with Crippen molar-refractivity contribution in [2.24, 2.45) is 5.73 Å². The lowest BCUT2D eigenvalue weighted by molar-refractivity contribution is -0.385. The number of nitro benzene ring substituents is 1. The second-order valence-corrected chi connectivity index (χ2v) is 4.13. The number of hydrogen-bond acceptors (Lipinski definition) is 4. The highest BCUT2D eigenvalue weighted by Crippen LogP contribution is 2.34. The standard InChI is InChI=1S/C11H12N2O4/c12-11(15)10-8-5-7(13(16)17)3-1-6(8)2-4-9(10)14/h1,3,5,9-10,14H,2,4H2,(H2,12,15). The number of rotatable bonds is 2. The van der Waals surface area contributed by atoms with E-state index in [1.807, 2.05) is 0 Å². The van der Waals surface area contributed by atoms with E-state index in [2.05, 4.69) is 0 Å². The van der Waals surface area contributed by atoms with E-state index < -0.39 is 22.9 Å². The highest BCUT2D eigenvalue weighted by Gasteiger charge is 2.33. The van der Waals surface area contributed by atoms with Crippen LogP contribution in [0.25, 0.3) is 0 Å². The molecule has 6 heteroatoms. The fourth-order valence-electron chi connectivity index (χ4n) is 2.23. The Balaban J connectivity index is 2.52. The number of nitrogens with two attached hydrogens (primary N) is 1. The minimum atomic E-state index is -0.859. The quantitative estimate of drug-likeness (QED) is 0.575. The molecule has 1 aromatic carbocycles. The van der Waals surface area contributed by atoms with E-state index in [0.717, 1.165) is 5.56 Å².